The Bertz CT molecular complexity index is 185. The third kappa shape index (κ3) is 3.64. The average Bonchev–Trinajstić information content (AvgIpc) is 2.61. The lowest BCUT2D eigenvalue weighted by atomic mass is 10.1. The maximum atomic E-state index is 10.6. The molecule has 0 aromatic heterocycles. The molecule has 0 bridgehead atoms. The molecule has 0 aromatic rings. The first kappa shape index (κ1) is 11.5. The molecule has 1 aliphatic heterocycles. The predicted octanol–water partition coefficient (Wildman–Crippen LogP) is 0.581. The first-order chi connectivity index (χ1) is 6.74. The van der Waals surface area contributed by atoms with Gasteiger partial charge in [0.2, 0.25) is 0 Å². The third-order valence-corrected chi connectivity index (χ3v) is 2.64. The average molecular weight is 200 g/mol. The van der Waals surface area contributed by atoms with Crippen molar-refractivity contribution in [3.05, 3.63) is 0 Å². The Hall–Kier alpha value is -0.610. The van der Waals surface area contributed by atoms with Gasteiger partial charge in [-0.15, -0.1) is 0 Å². The molecular weight excluding hydrogens is 180 g/mol. The first-order valence-corrected chi connectivity index (χ1v) is 5.43. The molecule has 4 heteroatoms. The van der Waals surface area contributed by atoms with E-state index < -0.39 is 5.97 Å². The molecule has 0 radical (unpaired) electrons. The zero-order valence-electron chi connectivity index (χ0n) is 8.75. The molecule has 1 rings (SSSR count). The van der Waals surface area contributed by atoms with Crippen molar-refractivity contribution < 1.29 is 9.90 Å². The van der Waals surface area contributed by atoms with Gasteiger partial charge in [-0.2, -0.15) is 0 Å². The highest BCUT2D eigenvalue weighted by atomic mass is 16.4. The number of hydrogen-bond acceptors (Lipinski definition) is 3. The Kier molecular flexibility index (Phi) is 4.90. The number of carboxylic acids is 1. The zero-order valence-corrected chi connectivity index (χ0v) is 8.75. The Morgan fingerprint density at radius 1 is 1.57 bits per heavy atom. The summed E-state index contributed by atoms with van der Waals surface area (Å²) in [6.45, 7) is 3.97. The molecule has 1 heterocycles. The van der Waals surface area contributed by atoms with Crippen LogP contribution in [0.25, 0.3) is 0 Å². The SMILES string of the molecule is CCCCCNC1CNC(C(=O)O)C1. The fourth-order valence-electron chi connectivity index (χ4n) is 1.76. The molecule has 3 N–H and O–H groups in total. The highest BCUT2D eigenvalue weighted by Gasteiger charge is 2.28. The van der Waals surface area contributed by atoms with E-state index in [4.69, 9.17) is 5.11 Å². The summed E-state index contributed by atoms with van der Waals surface area (Å²) in [5.74, 6) is -0.733. The van der Waals surface area contributed by atoms with Crippen molar-refractivity contribution in [2.24, 2.45) is 0 Å². The zero-order chi connectivity index (χ0) is 10.4. The fourth-order valence-corrected chi connectivity index (χ4v) is 1.76. The van der Waals surface area contributed by atoms with Gasteiger partial charge in [0.15, 0.2) is 0 Å². The number of carboxylic acid groups (broad SMARTS) is 1. The summed E-state index contributed by atoms with van der Waals surface area (Å²) in [7, 11) is 0. The number of rotatable bonds is 6. The van der Waals surface area contributed by atoms with Crippen LogP contribution < -0.4 is 10.6 Å². The van der Waals surface area contributed by atoms with Crippen LogP contribution in [0.4, 0.5) is 0 Å². The Morgan fingerprint density at radius 2 is 2.36 bits per heavy atom. The molecule has 2 atom stereocenters. The minimum absolute atomic E-state index is 0.341. The van der Waals surface area contributed by atoms with E-state index in [-0.39, 0.29) is 6.04 Å². The van der Waals surface area contributed by atoms with Gasteiger partial charge in [-0.3, -0.25) is 4.79 Å². The summed E-state index contributed by atoms with van der Waals surface area (Å²) in [5, 5.41) is 15.1. The molecule has 1 saturated heterocycles. The van der Waals surface area contributed by atoms with Crippen molar-refractivity contribution in [1.29, 1.82) is 0 Å². The van der Waals surface area contributed by atoms with Crippen molar-refractivity contribution in [2.45, 2.75) is 44.7 Å². The minimum Gasteiger partial charge on any atom is -0.480 e. The van der Waals surface area contributed by atoms with E-state index in [9.17, 15) is 4.79 Å². The summed E-state index contributed by atoms with van der Waals surface area (Å²) in [6.07, 6.45) is 4.37. The van der Waals surface area contributed by atoms with E-state index in [1.807, 2.05) is 0 Å². The number of unbranched alkanes of at least 4 members (excludes halogenated alkanes) is 2. The second kappa shape index (κ2) is 5.98. The van der Waals surface area contributed by atoms with Gasteiger partial charge in [0.25, 0.3) is 0 Å². The lowest BCUT2D eigenvalue weighted by molar-refractivity contribution is -0.139. The maximum Gasteiger partial charge on any atom is 0.320 e. The van der Waals surface area contributed by atoms with E-state index >= 15 is 0 Å². The summed E-state index contributed by atoms with van der Waals surface area (Å²) in [6, 6.07) is -0.00775. The van der Waals surface area contributed by atoms with Crippen molar-refractivity contribution >= 4 is 5.97 Å². The molecular formula is C10H20N2O2. The van der Waals surface area contributed by atoms with Crippen LogP contribution in [0.3, 0.4) is 0 Å². The molecule has 0 aromatic carbocycles. The second-order valence-corrected chi connectivity index (χ2v) is 3.89. The number of nitrogens with one attached hydrogen (secondary N) is 2. The summed E-state index contributed by atoms with van der Waals surface area (Å²) < 4.78 is 0. The van der Waals surface area contributed by atoms with Crippen LogP contribution in [0.1, 0.15) is 32.6 Å². The van der Waals surface area contributed by atoms with Gasteiger partial charge in [0, 0.05) is 12.6 Å². The summed E-state index contributed by atoms with van der Waals surface area (Å²) in [4.78, 5) is 10.6. The van der Waals surface area contributed by atoms with Crippen LogP contribution >= 0.6 is 0 Å². The van der Waals surface area contributed by atoms with E-state index in [1.54, 1.807) is 0 Å². The summed E-state index contributed by atoms with van der Waals surface area (Å²) in [5.41, 5.74) is 0. The highest BCUT2D eigenvalue weighted by Crippen LogP contribution is 2.06. The van der Waals surface area contributed by atoms with Crippen LogP contribution in [-0.2, 0) is 4.79 Å². The topological polar surface area (TPSA) is 61.4 Å². The van der Waals surface area contributed by atoms with Gasteiger partial charge >= 0.3 is 5.97 Å². The molecule has 1 fully saturated rings. The van der Waals surface area contributed by atoms with Crippen LogP contribution in [0, 0.1) is 0 Å². The molecule has 2 unspecified atom stereocenters. The first-order valence-electron chi connectivity index (χ1n) is 5.43. The van der Waals surface area contributed by atoms with E-state index in [0.717, 1.165) is 13.1 Å². The molecule has 82 valence electrons. The summed E-state index contributed by atoms with van der Waals surface area (Å²) >= 11 is 0. The third-order valence-electron chi connectivity index (χ3n) is 2.64. The lowest BCUT2D eigenvalue weighted by Gasteiger charge is -2.10. The van der Waals surface area contributed by atoms with Crippen LogP contribution in [0.15, 0.2) is 0 Å². The second-order valence-electron chi connectivity index (χ2n) is 3.89. The predicted molar refractivity (Wildman–Crippen MR) is 55.4 cm³/mol. The van der Waals surface area contributed by atoms with Crippen LogP contribution in [0.2, 0.25) is 0 Å². The molecule has 4 nitrogen and oxygen atoms in total. The molecule has 0 aliphatic carbocycles. The van der Waals surface area contributed by atoms with Crippen molar-refractivity contribution in [2.75, 3.05) is 13.1 Å². The van der Waals surface area contributed by atoms with Crippen LogP contribution in [0.5, 0.6) is 0 Å². The van der Waals surface area contributed by atoms with E-state index in [2.05, 4.69) is 17.6 Å². The van der Waals surface area contributed by atoms with Gasteiger partial charge in [-0.1, -0.05) is 19.8 Å². The smallest absolute Gasteiger partial charge is 0.320 e. The standard InChI is InChI=1S/C10H20N2O2/c1-2-3-4-5-11-8-6-9(10(13)14)12-7-8/h8-9,11-12H,2-7H2,1H3,(H,13,14). The fraction of sp³-hybridized carbons (Fsp3) is 0.900. The van der Waals surface area contributed by atoms with E-state index in [0.29, 0.717) is 12.5 Å². The monoisotopic (exact) mass is 200 g/mol. The molecule has 0 spiro atoms. The Balaban J connectivity index is 2.07. The normalized spacial score (nSPS) is 26.6. The minimum atomic E-state index is -0.733. The molecule has 1 aliphatic rings. The Morgan fingerprint density at radius 3 is 2.93 bits per heavy atom. The van der Waals surface area contributed by atoms with Gasteiger partial charge in [0.1, 0.15) is 6.04 Å². The molecule has 14 heavy (non-hydrogen) atoms. The molecule has 0 saturated carbocycles. The number of carbonyl (C=O) groups is 1. The highest BCUT2D eigenvalue weighted by molar-refractivity contribution is 5.73. The van der Waals surface area contributed by atoms with Gasteiger partial charge in [-0.05, 0) is 19.4 Å². The molecule has 0 amide bonds. The quantitative estimate of drug-likeness (QED) is 0.549. The van der Waals surface area contributed by atoms with Gasteiger partial charge in [0.05, 0.1) is 0 Å². The van der Waals surface area contributed by atoms with E-state index in [1.165, 1.54) is 19.3 Å². The van der Waals surface area contributed by atoms with Crippen molar-refractivity contribution in [1.82, 2.24) is 10.6 Å². The lowest BCUT2D eigenvalue weighted by Crippen LogP contribution is -2.31. The van der Waals surface area contributed by atoms with Gasteiger partial charge in [-0.25, -0.2) is 0 Å². The largest absolute Gasteiger partial charge is 0.480 e. The van der Waals surface area contributed by atoms with Crippen molar-refractivity contribution in [3.8, 4) is 0 Å². The van der Waals surface area contributed by atoms with Gasteiger partial charge < -0.3 is 15.7 Å². The Labute approximate surface area is 85.1 Å². The number of hydrogen-bond donors (Lipinski definition) is 3. The van der Waals surface area contributed by atoms with Crippen molar-refractivity contribution in [3.63, 3.8) is 0 Å². The number of aliphatic carboxylic acids is 1. The maximum absolute atomic E-state index is 10.6. The van der Waals surface area contributed by atoms with Crippen LogP contribution in [-0.4, -0.2) is 36.2 Å².